The van der Waals surface area contributed by atoms with Gasteiger partial charge in [0.15, 0.2) is 11.3 Å². The van der Waals surface area contributed by atoms with E-state index in [0.717, 1.165) is 0 Å². The second-order valence-corrected chi connectivity index (χ2v) is 5.99. The van der Waals surface area contributed by atoms with E-state index in [0.29, 0.717) is 22.6 Å². The molecule has 29 heavy (non-hydrogen) atoms. The SMILES string of the molecule is O=C(O)c1cc(Oc2ccc3nc(NCc4c(F)cccc4F)oc3c2)ccn1. The maximum absolute atomic E-state index is 13.7. The van der Waals surface area contributed by atoms with Gasteiger partial charge in [-0.25, -0.2) is 18.6 Å². The predicted molar refractivity (Wildman–Crippen MR) is 99.0 cm³/mol. The monoisotopic (exact) mass is 397 g/mol. The fourth-order valence-electron chi connectivity index (χ4n) is 2.64. The minimum Gasteiger partial charge on any atom is -0.477 e. The Bertz CT molecular complexity index is 1190. The fourth-order valence-corrected chi connectivity index (χ4v) is 2.64. The molecular weight excluding hydrogens is 384 g/mol. The molecule has 4 aromatic rings. The van der Waals surface area contributed by atoms with Gasteiger partial charge in [-0.15, -0.1) is 0 Å². The normalized spacial score (nSPS) is 10.8. The Kier molecular flexibility index (Phi) is 4.78. The van der Waals surface area contributed by atoms with E-state index >= 15 is 0 Å². The van der Waals surface area contributed by atoms with Crippen LogP contribution in [0.4, 0.5) is 14.8 Å². The third-order valence-corrected chi connectivity index (χ3v) is 4.02. The Hall–Kier alpha value is -4.01. The summed E-state index contributed by atoms with van der Waals surface area (Å²) in [5.74, 6) is -1.81. The standard InChI is InChI=1S/C20H13F2N3O4/c21-14-2-1-3-15(22)13(14)10-24-20-25-16-5-4-11(9-18(16)29-20)28-12-6-7-23-17(8-12)19(26)27/h1-9H,10H2,(H,24,25)(H,26,27). The van der Waals surface area contributed by atoms with Crippen LogP contribution in [0.2, 0.25) is 0 Å². The molecule has 7 nitrogen and oxygen atoms in total. The first kappa shape index (κ1) is 18.4. The van der Waals surface area contributed by atoms with Crippen molar-refractivity contribution in [2.75, 3.05) is 5.32 Å². The maximum atomic E-state index is 13.7. The van der Waals surface area contributed by atoms with Crippen molar-refractivity contribution in [2.45, 2.75) is 6.54 Å². The fraction of sp³-hybridized carbons (Fsp3) is 0.0500. The lowest BCUT2D eigenvalue weighted by Gasteiger charge is -2.05. The molecule has 0 saturated carbocycles. The van der Waals surface area contributed by atoms with Gasteiger partial charge >= 0.3 is 5.97 Å². The molecule has 9 heteroatoms. The highest BCUT2D eigenvalue weighted by atomic mass is 19.1. The van der Waals surface area contributed by atoms with E-state index in [-0.39, 0.29) is 23.8 Å². The summed E-state index contributed by atoms with van der Waals surface area (Å²) in [7, 11) is 0. The molecule has 2 N–H and O–H groups in total. The summed E-state index contributed by atoms with van der Waals surface area (Å²) < 4.78 is 38.6. The van der Waals surface area contributed by atoms with Crippen molar-refractivity contribution in [3.8, 4) is 11.5 Å². The van der Waals surface area contributed by atoms with Crippen LogP contribution in [-0.4, -0.2) is 21.0 Å². The number of rotatable bonds is 6. The van der Waals surface area contributed by atoms with E-state index in [2.05, 4.69) is 15.3 Å². The number of pyridine rings is 1. The van der Waals surface area contributed by atoms with E-state index in [1.165, 1.54) is 36.5 Å². The number of carboxylic acids is 1. The quantitative estimate of drug-likeness (QED) is 0.491. The average Bonchev–Trinajstić information content (AvgIpc) is 3.10. The lowest BCUT2D eigenvalue weighted by atomic mass is 10.2. The molecule has 0 radical (unpaired) electrons. The summed E-state index contributed by atoms with van der Waals surface area (Å²) in [6.45, 7) is -0.135. The van der Waals surface area contributed by atoms with Gasteiger partial charge in [0, 0.05) is 23.9 Å². The van der Waals surface area contributed by atoms with E-state index in [1.54, 1.807) is 18.2 Å². The molecule has 0 atom stereocenters. The number of fused-ring (bicyclic) bond motifs is 1. The van der Waals surface area contributed by atoms with Crippen LogP contribution in [0.1, 0.15) is 16.1 Å². The van der Waals surface area contributed by atoms with Gasteiger partial charge in [0.05, 0.1) is 6.54 Å². The molecular formula is C20H13F2N3O4. The number of ether oxygens (including phenoxy) is 1. The number of halogens is 2. The van der Waals surface area contributed by atoms with Crippen molar-refractivity contribution >= 4 is 23.1 Å². The van der Waals surface area contributed by atoms with E-state index in [1.807, 2.05) is 0 Å². The average molecular weight is 397 g/mol. The third kappa shape index (κ3) is 3.98. The highest BCUT2D eigenvalue weighted by molar-refractivity contribution is 5.85. The molecule has 2 heterocycles. The summed E-state index contributed by atoms with van der Waals surface area (Å²) >= 11 is 0. The number of nitrogens with one attached hydrogen (secondary N) is 1. The molecule has 0 aliphatic rings. The van der Waals surface area contributed by atoms with Crippen LogP contribution in [0.25, 0.3) is 11.1 Å². The summed E-state index contributed by atoms with van der Waals surface area (Å²) in [6.07, 6.45) is 1.33. The number of aromatic carboxylic acids is 1. The molecule has 0 fully saturated rings. The number of aromatic nitrogens is 2. The van der Waals surface area contributed by atoms with Gasteiger partial charge in [-0.2, -0.15) is 4.98 Å². The van der Waals surface area contributed by atoms with Crippen molar-refractivity contribution in [3.63, 3.8) is 0 Å². The molecule has 0 amide bonds. The first-order valence-corrected chi connectivity index (χ1v) is 8.44. The maximum Gasteiger partial charge on any atom is 0.354 e. The number of hydrogen-bond acceptors (Lipinski definition) is 6. The largest absolute Gasteiger partial charge is 0.477 e. The number of hydrogen-bond donors (Lipinski definition) is 2. The molecule has 0 aliphatic carbocycles. The minimum atomic E-state index is -1.16. The Labute approximate surface area is 162 Å². The molecule has 0 bridgehead atoms. The Balaban J connectivity index is 1.52. The summed E-state index contributed by atoms with van der Waals surface area (Å²) in [6, 6.07) is 11.4. The zero-order chi connectivity index (χ0) is 20.4. The number of carbonyl (C=O) groups is 1. The zero-order valence-electron chi connectivity index (χ0n) is 14.7. The van der Waals surface area contributed by atoms with Crippen LogP contribution < -0.4 is 10.1 Å². The molecule has 146 valence electrons. The van der Waals surface area contributed by atoms with Crippen LogP contribution >= 0.6 is 0 Å². The summed E-state index contributed by atoms with van der Waals surface area (Å²) in [5.41, 5.74) is 0.627. The Morgan fingerprint density at radius 2 is 1.86 bits per heavy atom. The van der Waals surface area contributed by atoms with Crippen molar-refractivity contribution in [3.05, 3.63) is 77.6 Å². The van der Waals surface area contributed by atoms with Gasteiger partial charge < -0.3 is 19.6 Å². The topological polar surface area (TPSA) is 97.5 Å². The molecule has 2 aromatic carbocycles. The molecule has 0 aliphatic heterocycles. The Morgan fingerprint density at radius 1 is 1.10 bits per heavy atom. The van der Waals surface area contributed by atoms with Crippen molar-refractivity contribution in [2.24, 2.45) is 0 Å². The number of nitrogens with zero attached hydrogens (tertiary/aromatic N) is 2. The van der Waals surface area contributed by atoms with E-state index in [4.69, 9.17) is 14.3 Å². The number of carboxylic acid groups (broad SMARTS) is 1. The number of oxazole rings is 1. The van der Waals surface area contributed by atoms with Gasteiger partial charge in [0.1, 0.15) is 28.7 Å². The van der Waals surface area contributed by atoms with Gasteiger partial charge in [-0.1, -0.05) is 6.07 Å². The zero-order valence-corrected chi connectivity index (χ0v) is 14.7. The van der Waals surface area contributed by atoms with Crippen molar-refractivity contribution in [1.82, 2.24) is 9.97 Å². The third-order valence-electron chi connectivity index (χ3n) is 4.02. The number of benzene rings is 2. The lowest BCUT2D eigenvalue weighted by Crippen LogP contribution is -2.04. The number of anilines is 1. The summed E-state index contributed by atoms with van der Waals surface area (Å²) in [5, 5.41) is 11.7. The van der Waals surface area contributed by atoms with Crippen LogP contribution in [0.15, 0.2) is 59.1 Å². The first-order chi connectivity index (χ1) is 14.0. The molecule has 4 rings (SSSR count). The molecule has 0 unspecified atom stereocenters. The summed E-state index contributed by atoms with van der Waals surface area (Å²) in [4.78, 5) is 18.9. The van der Waals surface area contributed by atoms with Gasteiger partial charge in [-0.3, -0.25) is 0 Å². The van der Waals surface area contributed by atoms with Gasteiger partial charge in [0.2, 0.25) is 0 Å². The highest BCUT2D eigenvalue weighted by Crippen LogP contribution is 2.28. The first-order valence-electron chi connectivity index (χ1n) is 8.44. The van der Waals surface area contributed by atoms with Crippen LogP contribution in [0.3, 0.4) is 0 Å². The molecule has 2 aromatic heterocycles. The molecule has 0 spiro atoms. The minimum absolute atomic E-state index is 0.0943. The van der Waals surface area contributed by atoms with Gasteiger partial charge in [0.25, 0.3) is 6.01 Å². The van der Waals surface area contributed by atoms with Crippen LogP contribution in [0, 0.1) is 11.6 Å². The van der Waals surface area contributed by atoms with E-state index in [9.17, 15) is 13.6 Å². The smallest absolute Gasteiger partial charge is 0.354 e. The van der Waals surface area contributed by atoms with Crippen LogP contribution in [-0.2, 0) is 6.54 Å². The lowest BCUT2D eigenvalue weighted by molar-refractivity contribution is 0.0690. The van der Waals surface area contributed by atoms with Crippen molar-refractivity contribution in [1.29, 1.82) is 0 Å². The second-order valence-electron chi connectivity index (χ2n) is 5.99. The van der Waals surface area contributed by atoms with Crippen molar-refractivity contribution < 1.29 is 27.8 Å². The predicted octanol–water partition coefficient (Wildman–Crippen LogP) is 4.60. The second kappa shape index (κ2) is 7.55. The van der Waals surface area contributed by atoms with Gasteiger partial charge in [-0.05, 0) is 30.3 Å². The Morgan fingerprint density at radius 3 is 2.62 bits per heavy atom. The van der Waals surface area contributed by atoms with E-state index < -0.39 is 17.6 Å². The van der Waals surface area contributed by atoms with Crippen LogP contribution in [0.5, 0.6) is 11.5 Å². The highest BCUT2D eigenvalue weighted by Gasteiger charge is 2.12. The molecule has 0 saturated heterocycles.